The van der Waals surface area contributed by atoms with Crippen molar-refractivity contribution in [1.29, 1.82) is 0 Å². The monoisotopic (exact) mass is 387 g/mol. The van der Waals surface area contributed by atoms with Gasteiger partial charge in [-0.3, -0.25) is 9.59 Å². The summed E-state index contributed by atoms with van der Waals surface area (Å²) in [4.78, 5) is 26.5. The molecule has 138 valence electrons. The molecule has 1 unspecified atom stereocenters. The van der Waals surface area contributed by atoms with Crippen LogP contribution in [0.3, 0.4) is 0 Å². The number of ether oxygens (including phenoxy) is 1. The number of benzene rings is 1. The molecule has 2 aliphatic heterocycles. The number of rotatable bonds is 4. The second kappa shape index (κ2) is 8.85. The van der Waals surface area contributed by atoms with Crippen LogP contribution in [0.25, 0.3) is 0 Å². The van der Waals surface area contributed by atoms with Crippen molar-refractivity contribution < 1.29 is 14.3 Å². The first-order valence-electron chi connectivity index (χ1n) is 8.24. The number of nitrogens with zero attached hydrogens (tertiary/aromatic N) is 1. The number of hydrogen-bond acceptors (Lipinski definition) is 4. The predicted octanol–water partition coefficient (Wildman–Crippen LogP) is 2.03. The molecule has 0 aliphatic carbocycles. The molecule has 0 spiro atoms. The van der Waals surface area contributed by atoms with Gasteiger partial charge in [-0.05, 0) is 37.2 Å². The SMILES string of the molecule is CC(C(=O)Nc1ccc(C(=O)N2CCOCC2)c(Cl)c1)C1CNC1.Cl. The molecule has 0 saturated carbocycles. The number of amides is 2. The molecule has 25 heavy (non-hydrogen) atoms. The first-order chi connectivity index (χ1) is 11.6. The average molecular weight is 388 g/mol. The molecule has 2 fully saturated rings. The third-order valence-electron chi connectivity index (χ3n) is 4.70. The Balaban J connectivity index is 0.00000225. The molecule has 2 heterocycles. The Morgan fingerprint density at radius 1 is 1.32 bits per heavy atom. The molecule has 2 aliphatic rings. The van der Waals surface area contributed by atoms with Crippen molar-refractivity contribution in [3.05, 3.63) is 28.8 Å². The first-order valence-corrected chi connectivity index (χ1v) is 8.62. The largest absolute Gasteiger partial charge is 0.378 e. The molecule has 2 saturated heterocycles. The van der Waals surface area contributed by atoms with Gasteiger partial charge in [0.15, 0.2) is 0 Å². The molecule has 0 radical (unpaired) electrons. The fraction of sp³-hybridized carbons (Fsp3) is 0.529. The third kappa shape index (κ3) is 4.64. The van der Waals surface area contributed by atoms with Crippen LogP contribution in [0.4, 0.5) is 5.69 Å². The number of anilines is 1. The number of halogens is 2. The number of carbonyl (C=O) groups excluding carboxylic acids is 2. The lowest BCUT2D eigenvalue weighted by molar-refractivity contribution is -0.121. The standard InChI is InChI=1S/C17H22ClN3O3.ClH/c1-11(12-9-19-10-12)16(22)20-13-2-3-14(15(18)8-13)17(23)21-4-6-24-7-5-21;/h2-3,8,11-12,19H,4-7,9-10H2,1H3,(H,20,22);1H. The minimum Gasteiger partial charge on any atom is -0.378 e. The Bertz CT molecular complexity index is 632. The number of carbonyl (C=O) groups is 2. The zero-order valence-electron chi connectivity index (χ0n) is 14.1. The third-order valence-corrected chi connectivity index (χ3v) is 5.01. The molecule has 1 aromatic carbocycles. The second-order valence-electron chi connectivity index (χ2n) is 6.30. The van der Waals surface area contributed by atoms with E-state index < -0.39 is 0 Å². The lowest BCUT2D eigenvalue weighted by Crippen LogP contribution is -2.48. The summed E-state index contributed by atoms with van der Waals surface area (Å²) in [7, 11) is 0. The van der Waals surface area contributed by atoms with Crippen LogP contribution >= 0.6 is 24.0 Å². The maximum atomic E-state index is 12.5. The Hall–Kier alpha value is -1.34. The van der Waals surface area contributed by atoms with E-state index in [1.54, 1.807) is 23.1 Å². The maximum absolute atomic E-state index is 12.5. The van der Waals surface area contributed by atoms with Crippen molar-refractivity contribution in [1.82, 2.24) is 10.2 Å². The zero-order valence-corrected chi connectivity index (χ0v) is 15.7. The topological polar surface area (TPSA) is 70.7 Å². The lowest BCUT2D eigenvalue weighted by Gasteiger charge is -2.31. The van der Waals surface area contributed by atoms with Gasteiger partial charge in [-0.15, -0.1) is 12.4 Å². The molecule has 0 aromatic heterocycles. The minimum atomic E-state index is -0.102. The van der Waals surface area contributed by atoms with Crippen LogP contribution in [0.5, 0.6) is 0 Å². The van der Waals surface area contributed by atoms with E-state index in [4.69, 9.17) is 16.3 Å². The first kappa shape index (κ1) is 20.0. The van der Waals surface area contributed by atoms with Crippen molar-refractivity contribution >= 4 is 41.5 Å². The highest BCUT2D eigenvalue weighted by molar-refractivity contribution is 6.34. The van der Waals surface area contributed by atoms with Crippen molar-refractivity contribution in [3.8, 4) is 0 Å². The van der Waals surface area contributed by atoms with E-state index in [1.807, 2.05) is 6.92 Å². The molecule has 6 nitrogen and oxygen atoms in total. The molecular weight excluding hydrogens is 365 g/mol. The van der Waals surface area contributed by atoms with E-state index >= 15 is 0 Å². The highest BCUT2D eigenvalue weighted by Crippen LogP contribution is 2.24. The fourth-order valence-corrected chi connectivity index (χ4v) is 3.10. The van der Waals surface area contributed by atoms with Crippen LogP contribution in [-0.2, 0) is 9.53 Å². The molecular formula is C17H23Cl2N3O3. The summed E-state index contributed by atoms with van der Waals surface area (Å²) in [6.45, 7) is 5.92. The van der Waals surface area contributed by atoms with Gasteiger partial charge in [-0.25, -0.2) is 0 Å². The van der Waals surface area contributed by atoms with E-state index in [-0.39, 0.29) is 30.1 Å². The quantitative estimate of drug-likeness (QED) is 0.828. The van der Waals surface area contributed by atoms with Gasteiger partial charge < -0.3 is 20.3 Å². The summed E-state index contributed by atoms with van der Waals surface area (Å²) in [5, 5.41) is 6.40. The van der Waals surface area contributed by atoms with E-state index in [0.29, 0.717) is 48.5 Å². The molecule has 1 atom stereocenters. The minimum absolute atomic E-state index is 0. The van der Waals surface area contributed by atoms with E-state index in [2.05, 4.69) is 10.6 Å². The fourth-order valence-electron chi connectivity index (χ4n) is 2.84. The average Bonchev–Trinajstić information content (AvgIpc) is 2.53. The lowest BCUT2D eigenvalue weighted by atomic mass is 9.88. The number of morpholine rings is 1. The van der Waals surface area contributed by atoms with Crippen LogP contribution in [0.15, 0.2) is 18.2 Å². The van der Waals surface area contributed by atoms with E-state index in [9.17, 15) is 9.59 Å². The van der Waals surface area contributed by atoms with Crippen LogP contribution in [0.2, 0.25) is 5.02 Å². The van der Waals surface area contributed by atoms with Crippen molar-refractivity contribution in [2.45, 2.75) is 6.92 Å². The van der Waals surface area contributed by atoms with Crippen LogP contribution in [0, 0.1) is 11.8 Å². The van der Waals surface area contributed by atoms with Gasteiger partial charge in [-0.2, -0.15) is 0 Å². The molecule has 1 aromatic rings. The molecule has 3 rings (SSSR count). The van der Waals surface area contributed by atoms with Gasteiger partial charge in [0.1, 0.15) is 0 Å². The highest BCUT2D eigenvalue weighted by Gasteiger charge is 2.29. The van der Waals surface area contributed by atoms with Crippen molar-refractivity contribution in [2.24, 2.45) is 11.8 Å². The van der Waals surface area contributed by atoms with E-state index in [0.717, 1.165) is 13.1 Å². The Kier molecular flexibility index (Phi) is 7.07. The summed E-state index contributed by atoms with van der Waals surface area (Å²) in [6.07, 6.45) is 0. The Morgan fingerprint density at radius 2 is 2.00 bits per heavy atom. The summed E-state index contributed by atoms with van der Waals surface area (Å²) < 4.78 is 5.26. The summed E-state index contributed by atoms with van der Waals surface area (Å²) in [5.41, 5.74) is 1.07. The van der Waals surface area contributed by atoms with Crippen molar-refractivity contribution in [3.63, 3.8) is 0 Å². The Morgan fingerprint density at radius 3 is 2.56 bits per heavy atom. The normalized spacial score (nSPS) is 18.7. The molecule has 2 amide bonds. The predicted molar refractivity (Wildman–Crippen MR) is 99.6 cm³/mol. The van der Waals surface area contributed by atoms with E-state index in [1.165, 1.54) is 0 Å². The summed E-state index contributed by atoms with van der Waals surface area (Å²) >= 11 is 6.27. The van der Waals surface area contributed by atoms with Crippen molar-refractivity contribution in [2.75, 3.05) is 44.7 Å². The summed E-state index contributed by atoms with van der Waals surface area (Å²) in [5.74, 6) is 0.197. The second-order valence-corrected chi connectivity index (χ2v) is 6.70. The van der Waals surface area contributed by atoms with Crippen LogP contribution < -0.4 is 10.6 Å². The maximum Gasteiger partial charge on any atom is 0.255 e. The number of nitrogens with one attached hydrogen (secondary N) is 2. The zero-order chi connectivity index (χ0) is 17.1. The highest BCUT2D eigenvalue weighted by atomic mass is 35.5. The van der Waals surface area contributed by atoms with Gasteiger partial charge in [0.2, 0.25) is 5.91 Å². The van der Waals surface area contributed by atoms with Gasteiger partial charge in [0, 0.05) is 24.7 Å². The smallest absolute Gasteiger partial charge is 0.255 e. The summed E-state index contributed by atoms with van der Waals surface area (Å²) in [6, 6.07) is 5.04. The van der Waals surface area contributed by atoms with Gasteiger partial charge in [0.25, 0.3) is 5.91 Å². The molecule has 0 bridgehead atoms. The molecule has 8 heteroatoms. The van der Waals surface area contributed by atoms with Crippen LogP contribution in [0.1, 0.15) is 17.3 Å². The van der Waals surface area contributed by atoms with Crippen LogP contribution in [-0.4, -0.2) is 56.1 Å². The molecule has 2 N–H and O–H groups in total. The number of hydrogen-bond donors (Lipinski definition) is 2. The van der Waals surface area contributed by atoms with Gasteiger partial charge in [-0.1, -0.05) is 18.5 Å². The Labute approximate surface area is 158 Å². The van der Waals surface area contributed by atoms with Gasteiger partial charge >= 0.3 is 0 Å². The van der Waals surface area contributed by atoms with Gasteiger partial charge in [0.05, 0.1) is 23.8 Å².